The number of amides is 3. The third-order valence-electron chi connectivity index (χ3n) is 5.36. The maximum Gasteiger partial charge on any atom is 0.242 e. The van der Waals surface area contributed by atoms with E-state index >= 15 is 0 Å². The summed E-state index contributed by atoms with van der Waals surface area (Å²) >= 11 is 5.71. The summed E-state index contributed by atoms with van der Waals surface area (Å²) in [6.45, 7) is 3.76. The Hall–Kier alpha value is -2.45. The normalized spacial score (nSPS) is 18.7. The molecular weight excluding hydrogens is 420 g/mol. The fourth-order valence-electron chi connectivity index (χ4n) is 3.66. The van der Waals surface area contributed by atoms with E-state index in [0.29, 0.717) is 13.0 Å². The molecule has 2 rings (SSSR count). The number of rotatable bonds is 10. The molecule has 4 unspecified atom stereocenters. The van der Waals surface area contributed by atoms with Gasteiger partial charge in [-0.25, -0.2) is 0 Å². The third-order valence-corrected chi connectivity index (χ3v) is 5.62. The van der Waals surface area contributed by atoms with Crippen LogP contribution in [0.2, 0.25) is 0 Å². The summed E-state index contributed by atoms with van der Waals surface area (Å²) < 4.78 is 0. The molecule has 170 valence electrons. The van der Waals surface area contributed by atoms with Crippen LogP contribution in [0.1, 0.15) is 38.7 Å². The Balaban J connectivity index is 1.91. The topological polar surface area (TPSA) is 122 Å². The van der Waals surface area contributed by atoms with Gasteiger partial charge in [-0.1, -0.05) is 30.3 Å². The van der Waals surface area contributed by atoms with Crippen molar-refractivity contribution in [3.05, 3.63) is 35.9 Å². The Labute approximate surface area is 187 Å². The number of alkyl halides is 1. The minimum Gasteiger partial charge on any atom is -0.345 e. The molecule has 1 aliphatic heterocycles. The lowest BCUT2D eigenvalue weighted by atomic mass is 10.0. The second-order valence-corrected chi connectivity index (χ2v) is 8.23. The van der Waals surface area contributed by atoms with E-state index in [1.165, 1.54) is 0 Å². The van der Waals surface area contributed by atoms with Gasteiger partial charge in [-0.2, -0.15) is 0 Å². The molecule has 0 saturated carbocycles. The van der Waals surface area contributed by atoms with Crippen molar-refractivity contribution in [2.45, 2.75) is 63.7 Å². The maximum absolute atomic E-state index is 12.6. The predicted octanol–water partition coefficient (Wildman–Crippen LogP) is 0.755. The molecule has 31 heavy (non-hydrogen) atoms. The number of nitrogens with one attached hydrogen (secondary N) is 2. The van der Waals surface area contributed by atoms with Crippen LogP contribution in [0.3, 0.4) is 0 Å². The van der Waals surface area contributed by atoms with Gasteiger partial charge in [0.2, 0.25) is 17.7 Å². The number of Topliss-reactive ketones (excluding diaryl/α,β-unsaturated/α-hetero) is 1. The van der Waals surface area contributed by atoms with Gasteiger partial charge in [-0.3, -0.25) is 19.2 Å². The Morgan fingerprint density at radius 3 is 2.45 bits per heavy atom. The predicted molar refractivity (Wildman–Crippen MR) is 118 cm³/mol. The maximum atomic E-state index is 12.6. The zero-order chi connectivity index (χ0) is 23.0. The van der Waals surface area contributed by atoms with Gasteiger partial charge in [0.15, 0.2) is 5.78 Å². The van der Waals surface area contributed by atoms with E-state index in [0.717, 1.165) is 18.4 Å². The van der Waals surface area contributed by atoms with Crippen LogP contribution in [0, 0.1) is 0 Å². The van der Waals surface area contributed by atoms with Crippen LogP contribution in [0.25, 0.3) is 0 Å². The molecule has 0 spiro atoms. The Kier molecular flexibility index (Phi) is 9.45. The quantitative estimate of drug-likeness (QED) is 0.454. The van der Waals surface area contributed by atoms with Crippen molar-refractivity contribution in [2.75, 3.05) is 12.4 Å². The Morgan fingerprint density at radius 1 is 1.16 bits per heavy atom. The number of carbonyl (C=O) groups excluding carboxylic acids is 4. The molecule has 1 aromatic rings. The van der Waals surface area contributed by atoms with Crippen molar-refractivity contribution in [3.8, 4) is 0 Å². The summed E-state index contributed by atoms with van der Waals surface area (Å²) in [5.74, 6) is -1.50. The van der Waals surface area contributed by atoms with Crippen molar-refractivity contribution in [2.24, 2.45) is 5.73 Å². The molecule has 0 aliphatic carbocycles. The van der Waals surface area contributed by atoms with Crippen LogP contribution >= 0.6 is 11.6 Å². The molecule has 1 aromatic carbocycles. The van der Waals surface area contributed by atoms with E-state index in [9.17, 15) is 19.2 Å². The molecule has 0 bridgehead atoms. The van der Waals surface area contributed by atoms with E-state index < -0.39 is 24.0 Å². The first kappa shape index (κ1) is 24.8. The molecule has 1 heterocycles. The second kappa shape index (κ2) is 11.8. The lowest BCUT2D eigenvalue weighted by Gasteiger charge is -2.26. The highest BCUT2D eigenvalue weighted by Gasteiger charge is 2.32. The fraction of sp³-hybridized carbons (Fsp3) is 0.545. The number of nitrogens with two attached hydrogens (primary N) is 1. The Bertz CT molecular complexity index is 787. The third kappa shape index (κ3) is 7.33. The van der Waals surface area contributed by atoms with Gasteiger partial charge in [0.1, 0.15) is 6.04 Å². The second-order valence-electron chi connectivity index (χ2n) is 7.96. The van der Waals surface area contributed by atoms with Crippen molar-refractivity contribution >= 4 is 35.1 Å². The average Bonchev–Trinajstić information content (AvgIpc) is 3.20. The van der Waals surface area contributed by atoms with Crippen LogP contribution in [0.5, 0.6) is 0 Å². The molecule has 4 atom stereocenters. The van der Waals surface area contributed by atoms with Gasteiger partial charge in [0.25, 0.3) is 0 Å². The number of likely N-dealkylation sites (tertiary alicyclic amines) is 1. The largest absolute Gasteiger partial charge is 0.345 e. The van der Waals surface area contributed by atoms with E-state index in [2.05, 4.69) is 10.6 Å². The molecule has 0 radical (unpaired) electrons. The summed E-state index contributed by atoms with van der Waals surface area (Å²) in [5, 5.41) is 5.35. The SMILES string of the molecule is CC(N)C(=O)N1CCCC1CC(=O)NC(C)C(=O)NC(Cc1ccccc1)C(=O)CCl. The zero-order valence-corrected chi connectivity index (χ0v) is 18.7. The number of hydrogen-bond acceptors (Lipinski definition) is 5. The highest BCUT2D eigenvalue weighted by atomic mass is 35.5. The van der Waals surface area contributed by atoms with Gasteiger partial charge < -0.3 is 21.3 Å². The van der Waals surface area contributed by atoms with Crippen molar-refractivity contribution in [1.82, 2.24) is 15.5 Å². The molecule has 8 nitrogen and oxygen atoms in total. The number of nitrogens with zero attached hydrogens (tertiary/aromatic N) is 1. The van der Waals surface area contributed by atoms with Gasteiger partial charge in [0.05, 0.1) is 18.0 Å². The van der Waals surface area contributed by atoms with Gasteiger partial charge in [0, 0.05) is 19.0 Å². The molecule has 0 aromatic heterocycles. The number of carbonyl (C=O) groups is 4. The first-order valence-corrected chi connectivity index (χ1v) is 11.0. The first-order valence-electron chi connectivity index (χ1n) is 10.5. The summed E-state index contributed by atoms with van der Waals surface area (Å²) in [6, 6.07) is 6.84. The number of halogens is 1. The average molecular weight is 451 g/mol. The van der Waals surface area contributed by atoms with Crippen LogP contribution in [-0.2, 0) is 25.6 Å². The molecule has 1 fully saturated rings. The molecule has 1 aliphatic rings. The lowest BCUT2D eigenvalue weighted by molar-refractivity contribution is -0.135. The van der Waals surface area contributed by atoms with Crippen LogP contribution in [0.4, 0.5) is 0 Å². The van der Waals surface area contributed by atoms with Crippen molar-refractivity contribution in [3.63, 3.8) is 0 Å². The lowest BCUT2D eigenvalue weighted by Crippen LogP contribution is -2.52. The summed E-state index contributed by atoms with van der Waals surface area (Å²) in [6.07, 6.45) is 1.95. The van der Waals surface area contributed by atoms with E-state index in [1.807, 2.05) is 30.3 Å². The fourth-order valence-corrected chi connectivity index (χ4v) is 3.85. The highest BCUT2D eigenvalue weighted by Crippen LogP contribution is 2.20. The molecule has 3 amide bonds. The van der Waals surface area contributed by atoms with Crippen LogP contribution < -0.4 is 16.4 Å². The molecule has 4 N–H and O–H groups in total. The smallest absolute Gasteiger partial charge is 0.242 e. The standard InChI is InChI=1S/C22H31ClN4O4/c1-14(24)22(31)27-10-6-9-17(27)12-20(29)25-15(2)21(30)26-18(19(28)13-23)11-16-7-4-3-5-8-16/h3-5,7-8,14-15,17-18H,6,9-13,24H2,1-2H3,(H,25,29)(H,26,30). The number of ketones is 1. The minimum atomic E-state index is -0.840. The monoisotopic (exact) mass is 450 g/mol. The van der Waals surface area contributed by atoms with Crippen molar-refractivity contribution < 1.29 is 19.2 Å². The summed E-state index contributed by atoms with van der Waals surface area (Å²) in [5.41, 5.74) is 6.58. The minimum absolute atomic E-state index is 0.101. The summed E-state index contributed by atoms with van der Waals surface area (Å²) in [4.78, 5) is 51.1. The van der Waals surface area contributed by atoms with Gasteiger partial charge in [-0.05, 0) is 38.7 Å². The van der Waals surface area contributed by atoms with E-state index in [4.69, 9.17) is 17.3 Å². The zero-order valence-electron chi connectivity index (χ0n) is 18.0. The van der Waals surface area contributed by atoms with Gasteiger partial charge >= 0.3 is 0 Å². The number of hydrogen-bond donors (Lipinski definition) is 3. The summed E-state index contributed by atoms with van der Waals surface area (Å²) in [7, 11) is 0. The molecule has 9 heteroatoms. The van der Waals surface area contributed by atoms with Gasteiger partial charge in [-0.15, -0.1) is 11.6 Å². The van der Waals surface area contributed by atoms with Crippen LogP contribution in [-0.4, -0.2) is 65.0 Å². The molecule has 1 saturated heterocycles. The van der Waals surface area contributed by atoms with E-state index in [-0.39, 0.29) is 35.9 Å². The Morgan fingerprint density at radius 2 is 1.84 bits per heavy atom. The highest BCUT2D eigenvalue weighted by molar-refractivity contribution is 6.28. The number of benzene rings is 1. The van der Waals surface area contributed by atoms with Crippen molar-refractivity contribution in [1.29, 1.82) is 0 Å². The molecular formula is C22H31ClN4O4. The van der Waals surface area contributed by atoms with Crippen LogP contribution in [0.15, 0.2) is 30.3 Å². The van der Waals surface area contributed by atoms with E-state index in [1.54, 1.807) is 18.7 Å². The first-order chi connectivity index (χ1) is 14.7.